The van der Waals surface area contributed by atoms with E-state index in [-0.39, 0.29) is 0 Å². The van der Waals surface area contributed by atoms with Crippen LogP contribution >= 0.6 is 11.6 Å². The summed E-state index contributed by atoms with van der Waals surface area (Å²) in [7, 11) is 0. The van der Waals surface area contributed by atoms with Crippen LogP contribution in [-0.2, 0) is 4.74 Å². The number of hydrogen-bond donors (Lipinski definition) is 1. The minimum atomic E-state index is 0.307. The summed E-state index contributed by atoms with van der Waals surface area (Å²) in [5, 5.41) is 4.24. The second-order valence-corrected chi connectivity index (χ2v) is 6.88. The summed E-state index contributed by atoms with van der Waals surface area (Å²) in [5.41, 5.74) is 2.42. The van der Waals surface area contributed by atoms with E-state index < -0.39 is 0 Å². The predicted octanol–water partition coefficient (Wildman–Crippen LogP) is 4.58. The summed E-state index contributed by atoms with van der Waals surface area (Å²) in [6, 6.07) is 2.57. The molecular formula is C17H25ClN2O. The number of rotatable bonds is 4. The summed E-state index contributed by atoms with van der Waals surface area (Å²) in [4.78, 5) is 4.25. The molecule has 3 nitrogen and oxygen atoms in total. The first-order valence-electron chi connectivity index (χ1n) is 8.16. The number of nitrogens with zero attached hydrogens (tertiary/aromatic N) is 1. The standard InChI is InChI=1S/C17H25ClN2O/c1-3-21-15-10-14(17(15)7-5-4-6-8-17)20-13-9-12(2)11-19-16(13)18/h9,11,14-15,20H,3-8,10H2,1-2H3. The molecule has 4 heteroatoms. The topological polar surface area (TPSA) is 34.1 Å². The van der Waals surface area contributed by atoms with Crippen LogP contribution in [0, 0.1) is 12.3 Å². The summed E-state index contributed by atoms with van der Waals surface area (Å²) < 4.78 is 6.00. The first-order chi connectivity index (χ1) is 10.2. The summed E-state index contributed by atoms with van der Waals surface area (Å²) in [5.74, 6) is 0. The highest BCUT2D eigenvalue weighted by Crippen LogP contribution is 2.54. The Morgan fingerprint density at radius 2 is 2.14 bits per heavy atom. The normalized spacial score (nSPS) is 27.4. The van der Waals surface area contributed by atoms with E-state index in [4.69, 9.17) is 16.3 Å². The van der Waals surface area contributed by atoms with E-state index in [1.165, 1.54) is 32.1 Å². The third-order valence-electron chi connectivity index (χ3n) is 5.24. The highest BCUT2D eigenvalue weighted by Gasteiger charge is 2.55. The van der Waals surface area contributed by atoms with E-state index in [0.717, 1.165) is 24.3 Å². The summed E-state index contributed by atoms with van der Waals surface area (Å²) in [6.45, 7) is 4.96. The van der Waals surface area contributed by atoms with Crippen molar-refractivity contribution in [3.05, 3.63) is 23.0 Å². The van der Waals surface area contributed by atoms with Crippen molar-refractivity contribution in [1.29, 1.82) is 0 Å². The predicted molar refractivity (Wildman–Crippen MR) is 86.9 cm³/mol. The maximum Gasteiger partial charge on any atom is 0.152 e. The monoisotopic (exact) mass is 308 g/mol. The zero-order chi connectivity index (χ0) is 14.9. The lowest BCUT2D eigenvalue weighted by Crippen LogP contribution is -2.62. The molecule has 3 rings (SSSR count). The number of pyridine rings is 1. The lowest BCUT2D eigenvalue weighted by atomic mass is 9.55. The average Bonchev–Trinajstić information content (AvgIpc) is 2.50. The molecule has 2 aliphatic carbocycles. The largest absolute Gasteiger partial charge is 0.379 e. The Kier molecular flexibility index (Phi) is 4.41. The Hall–Kier alpha value is -0.800. The van der Waals surface area contributed by atoms with Crippen LogP contribution in [0.1, 0.15) is 51.0 Å². The molecule has 0 aromatic carbocycles. The molecule has 1 heterocycles. The highest BCUT2D eigenvalue weighted by atomic mass is 35.5. The van der Waals surface area contributed by atoms with Crippen LogP contribution in [0.3, 0.4) is 0 Å². The number of aromatic nitrogens is 1. The van der Waals surface area contributed by atoms with Crippen LogP contribution in [0.2, 0.25) is 5.15 Å². The first kappa shape index (κ1) is 15.1. The van der Waals surface area contributed by atoms with E-state index >= 15 is 0 Å². The van der Waals surface area contributed by atoms with Gasteiger partial charge < -0.3 is 10.1 Å². The molecule has 2 atom stereocenters. The zero-order valence-corrected chi connectivity index (χ0v) is 13.7. The van der Waals surface area contributed by atoms with Gasteiger partial charge in [-0.1, -0.05) is 30.9 Å². The van der Waals surface area contributed by atoms with Gasteiger partial charge in [-0.05, 0) is 44.7 Å². The lowest BCUT2D eigenvalue weighted by molar-refractivity contribution is -0.134. The van der Waals surface area contributed by atoms with Gasteiger partial charge in [0.2, 0.25) is 0 Å². The third-order valence-corrected chi connectivity index (χ3v) is 5.54. The molecule has 2 aliphatic rings. The molecule has 0 radical (unpaired) electrons. The van der Waals surface area contributed by atoms with Crippen LogP contribution in [0.4, 0.5) is 5.69 Å². The van der Waals surface area contributed by atoms with Gasteiger partial charge in [0.1, 0.15) is 0 Å². The number of halogens is 1. The van der Waals surface area contributed by atoms with Crippen molar-refractivity contribution in [2.75, 3.05) is 11.9 Å². The minimum absolute atomic E-state index is 0.307. The van der Waals surface area contributed by atoms with Gasteiger partial charge in [0.05, 0.1) is 11.8 Å². The number of ether oxygens (including phenoxy) is 1. The van der Waals surface area contributed by atoms with Gasteiger partial charge in [-0.15, -0.1) is 0 Å². The van der Waals surface area contributed by atoms with E-state index in [1.807, 2.05) is 6.20 Å². The molecule has 0 saturated heterocycles. The number of aryl methyl sites for hydroxylation is 1. The van der Waals surface area contributed by atoms with Gasteiger partial charge in [0.25, 0.3) is 0 Å². The van der Waals surface area contributed by atoms with E-state index in [0.29, 0.717) is 22.7 Å². The lowest BCUT2D eigenvalue weighted by Gasteiger charge is -2.58. The van der Waals surface area contributed by atoms with E-state index in [2.05, 4.69) is 30.2 Å². The van der Waals surface area contributed by atoms with Gasteiger partial charge in [-0.3, -0.25) is 0 Å². The van der Waals surface area contributed by atoms with Crippen molar-refractivity contribution in [1.82, 2.24) is 4.98 Å². The van der Waals surface area contributed by atoms with Crippen LogP contribution in [0.15, 0.2) is 12.3 Å². The van der Waals surface area contributed by atoms with Crippen molar-refractivity contribution < 1.29 is 4.74 Å². The smallest absolute Gasteiger partial charge is 0.152 e. The van der Waals surface area contributed by atoms with Crippen LogP contribution in [0.25, 0.3) is 0 Å². The molecule has 1 spiro atoms. The van der Waals surface area contributed by atoms with Crippen LogP contribution in [-0.4, -0.2) is 23.7 Å². The van der Waals surface area contributed by atoms with Crippen molar-refractivity contribution in [2.45, 2.75) is 64.5 Å². The summed E-state index contributed by atoms with van der Waals surface area (Å²) >= 11 is 6.24. The quantitative estimate of drug-likeness (QED) is 0.826. The number of nitrogens with one attached hydrogen (secondary N) is 1. The minimum Gasteiger partial charge on any atom is -0.379 e. The maximum atomic E-state index is 6.24. The molecule has 2 unspecified atom stereocenters. The van der Waals surface area contributed by atoms with Crippen molar-refractivity contribution in [3.8, 4) is 0 Å². The SMILES string of the molecule is CCOC1CC(Nc2cc(C)cnc2Cl)C12CCCCC2. The molecule has 0 bridgehead atoms. The molecule has 21 heavy (non-hydrogen) atoms. The maximum absolute atomic E-state index is 6.24. The van der Waals surface area contributed by atoms with Gasteiger partial charge >= 0.3 is 0 Å². The number of anilines is 1. The number of hydrogen-bond acceptors (Lipinski definition) is 3. The fourth-order valence-electron chi connectivity index (χ4n) is 4.11. The Morgan fingerprint density at radius 3 is 2.86 bits per heavy atom. The van der Waals surface area contributed by atoms with E-state index in [9.17, 15) is 0 Å². The highest BCUT2D eigenvalue weighted by molar-refractivity contribution is 6.32. The fourth-order valence-corrected chi connectivity index (χ4v) is 4.27. The third kappa shape index (κ3) is 2.78. The van der Waals surface area contributed by atoms with Crippen LogP contribution < -0.4 is 5.32 Å². The molecule has 1 aromatic rings. The molecule has 0 amide bonds. The Bertz CT molecular complexity index is 500. The second kappa shape index (κ2) is 6.13. The Balaban J connectivity index is 1.77. The molecule has 2 fully saturated rings. The molecular weight excluding hydrogens is 284 g/mol. The fraction of sp³-hybridized carbons (Fsp3) is 0.706. The summed E-state index contributed by atoms with van der Waals surface area (Å²) in [6.07, 6.45) is 9.85. The van der Waals surface area contributed by atoms with E-state index in [1.54, 1.807) is 0 Å². The molecule has 1 N–H and O–H groups in total. The average molecular weight is 309 g/mol. The molecule has 2 saturated carbocycles. The molecule has 1 aromatic heterocycles. The first-order valence-corrected chi connectivity index (χ1v) is 8.54. The van der Waals surface area contributed by atoms with Gasteiger partial charge in [-0.2, -0.15) is 0 Å². The van der Waals surface area contributed by atoms with Crippen LogP contribution in [0.5, 0.6) is 0 Å². The zero-order valence-electron chi connectivity index (χ0n) is 13.0. The van der Waals surface area contributed by atoms with Gasteiger partial charge in [0.15, 0.2) is 5.15 Å². The van der Waals surface area contributed by atoms with Gasteiger partial charge in [0, 0.05) is 24.3 Å². The van der Waals surface area contributed by atoms with Crippen molar-refractivity contribution in [2.24, 2.45) is 5.41 Å². The van der Waals surface area contributed by atoms with Crippen molar-refractivity contribution in [3.63, 3.8) is 0 Å². The molecule has 116 valence electrons. The Labute approximate surface area is 132 Å². The second-order valence-electron chi connectivity index (χ2n) is 6.52. The molecule has 0 aliphatic heterocycles. The van der Waals surface area contributed by atoms with Gasteiger partial charge in [-0.25, -0.2) is 4.98 Å². The van der Waals surface area contributed by atoms with Crippen molar-refractivity contribution >= 4 is 17.3 Å². The Morgan fingerprint density at radius 1 is 1.38 bits per heavy atom.